The van der Waals surface area contributed by atoms with Gasteiger partial charge in [0, 0.05) is 17.1 Å². The lowest BCUT2D eigenvalue weighted by atomic mass is 10.2. The molecule has 1 aromatic heterocycles. The van der Waals surface area contributed by atoms with Gasteiger partial charge in [-0.15, -0.1) is 0 Å². The molecule has 1 atom stereocenters. The van der Waals surface area contributed by atoms with E-state index < -0.39 is 21.9 Å². The molecule has 0 amide bonds. The fraction of sp³-hybridized carbons (Fsp3) is 0.263. The van der Waals surface area contributed by atoms with Crippen molar-refractivity contribution in [1.29, 1.82) is 0 Å². The number of aryl methyl sites for hydroxylation is 1. The second-order valence-corrected chi connectivity index (χ2v) is 8.95. The zero-order valence-electron chi connectivity index (χ0n) is 15.0. The predicted molar refractivity (Wildman–Crippen MR) is 102 cm³/mol. The van der Waals surface area contributed by atoms with E-state index in [1.54, 1.807) is 31.2 Å². The van der Waals surface area contributed by atoms with E-state index in [0.29, 0.717) is 35.5 Å². The highest BCUT2D eigenvalue weighted by molar-refractivity contribution is 7.89. The summed E-state index contributed by atoms with van der Waals surface area (Å²) in [5.41, 5.74) is 1.04. The number of halogens is 2. The molecule has 0 spiro atoms. The van der Waals surface area contributed by atoms with Crippen molar-refractivity contribution in [2.75, 3.05) is 6.54 Å². The molecular formula is C19H17ClFN3O3S. The van der Waals surface area contributed by atoms with Crippen molar-refractivity contribution in [3.63, 3.8) is 0 Å². The minimum absolute atomic E-state index is 0.201. The van der Waals surface area contributed by atoms with Gasteiger partial charge in [-0.1, -0.05) is 28.9 Å². The molecule has 0 bridgehead atoms. The van der Waals surface area contributed by atoms with E-state index >= 15 is 0 Å². The molecule has 6 nitrogen and oxygen atoms in total. The Hall–Kier alpha value is -2.29. The SMILES string of the molecule is Cc1cc(Cl)ccc1S(=O)(=O)N1CCCC1c1nc(-c2cccc(F)c2)no1. The highest BCUT2D eigenvalue weighted by Gasteiger charge is 2.40. The summed E-state index contributed by atoms with van der Waals surface area (Å²) in [7, 11) is -3.76. The summed E-state index contributed by atoms with van der Waals surface area (Å²) in [6, 6.07) is 9.96. The van der Waals surface area contributed by atoms with E-state index in [0.717, 1.165) is 0 Å². The van der Waals surface area contributed by atoms with Gasteiger partial charge >= 0.3 is 0 Å². The summed E-state index contributed by atoms with van der Waals surface area (Å²) in [6.45, 7) is 2.06. The second kappa shape index (κ2) is 7.27. The van der Waals surface area contributed by atoms with Crippen LogP contribution in [0.4, 0.5) is 4.39 Å². The van der Waals surface area contributed by atoms with Crippen molar-refractivity contribution >= 4 is 21.6 Å². The Morgan fingerprint density at radius 3 is 2.82 bits per heavy atom. The Labute approximate surface area is 167 Å². The molecule has 4 rings (SSSR count). The molecule has 0 saturated carbocycles. The summed E-state index contributed by atoms with van der Waals surface area (Å²) in [6.07, 6.45) is 1.24. The van der Waals surface area contributed by atoms with Gasteiger partial charge in [-0.05, 0) is 55.7 Å². The monoisotopic (exact) mass is 421 g/mol. The minimum Gasteiger partial charge on any atom is -0.337 e. The Bertz CT molecular complexity index is 1130. The minimum atomic E-state index is -3.76. The highest BCUT2D eigenvalue weighted by atomic mass is 35.5. The van der Waals surface area contributed by atoms with Gasteiger partial charge in [0.2, 0.25) is 21.7 Å². The average Bonchev–Trinajstić information content (AvgIpc) is 3.31. The molecule has 1 fully saturated rings. The number of hydrogen-bond acceptors (Lipinski definition) is 5. The van der Waals surface area contributed by atoms with Crippen LogP contribution in [0.15, 0.2) is 51.9 Å². The summed E-state index contributed by atoms with van der Waals surface area (Å²) >= 11 is 5.95. The first kappa shape index (κ1) is 19.0. The number of sulfonamides is 1. The Morgan fingerprint density at radius 2 is 2.07 bits per heavy atom. The van der Waals surface area contributed by atoms with Crippen molar-refractivity contribution in [2.45, 2.75) is 30.7 Å². The molecule has 0 N–H and O–H groups in total. The molecule has 1 aliphatic rings. The lowest BCUT2D eigenvalue weighted by Crippen LogP contribution is -2.31. The molecular weight excluding hydrogens is 405 g/mol. The normalized spacial score (nSPS) is 17.9. The first-order valence-electron chi connectivity index (χ1n) is 8.74. The van der Waals surface area contributed by atoms with Crippen LogP contribution in [-0.4, -0.2) is 29.4 Å². The second-order valence-electron chi connectivity index (χ2n) is 6.65. The fourth-order valence-corrected chi connectivity index (χ4v) is 5.50. The van der Waals surface area contributed by atoms with Crippen molar-refractivity contribution in [2.24, 2.45) is 0 Å². The van der Waals surface area contributed by atoms with E-state index in [2.05, 4.69) is 10.1 Å². The summed E-state index contributed by atoms with van der Waals surface area (Å²) in [5, 5.41) is 4.38. The van der Waals surface area contributed by atoms with Crippen molar-refractivity contribution < 1.29 is 17.3 Å². The topological polar surface area (TPSA) is 76.3 Å². The third-order valence-electron chi connectivity index (χ3n) is 4.74. The zero-order valence-corrected chi connectivity index (χ0v) is 16.5. The Kier molecular flexibility index (Phi) is 4.95. The van der Waals surface area contributed by atoms with Crippen LogP contribution in [0.5, 0.6) is 0 Å². The van der Waals surface area contributed by atoms with Crippen LogP contribution in [0, 0.1) is 12.7 Å². The maximum Gasteiger partial charge on any atom is 0.245 e. The number of nitrogens with zero attached hydrogens (tertiary/aromatic N) is 3. The Morgan fingerprint density at radius 1 is 1.25 bits per heavy atom. The van der Waals surface area contributed by atoms with E-state index in [-0.39, 0.29) is 16.6 Å². The van der Waals surface area contributed by atoms with Crippen LogP contribution in [-0.2, 0) is 10.0 Å². The van der Waals surface area contributed by atoms with E-state index in [9.17, 15) is 12.8 Å². The lowest BCUT2D eigenvalue weighted by Gasteiger charge is -2.22. The lowest BCUT2D eigenvalue weighted by molar-refractivity contribution is 0.290. The Balaban J connectivity index is 1.67. The molecule has 146 valence electrons. The molecule has 28 heavy (non-hydrogen) atoms. The maximum atomic E-state index is 13.4. The molecule has 1 saturated heterocycles. The molecule has 9 heteroatoms. The molecule has 2 heterocycles. The van der Waals surface area contributed by atoms with Crippen molar-refractivity contribution in [3.05, 3.63) is 64.8 Å². The third kappa shape index (κ3) is 3.43. The highest BCUT2D eigenvalue weighted by Crippen LogP contribution is 2.37. The average molecular weight is 422 g/mol. The largest absolute Gasteiger partial charge is 0.337 e. The quantitative estimate of drug-likeness (QED) is 0.625. The predicted octanol–water partition coefficient (Wildman–Crippen LogP) is 4.36. The van der Waals surface area contributed by atoms with Crippen LogP contribution in [0.1, 0.15) is 30.3 Å². The van der Waals surface area contributed by atoms with Gasteiger partial charge < -0.3 is 4.52 Å². The number of benzene rings is 2. The zero-order chi connectivity index (χ0) is 19.9. The van der Waals surface area contributed by atoms with Gasteiger partial charge in [0.05, 0.1) is 4.90 Å². The van der Waals surface area contributed by atoms with Gasteiger partial charge in [-0.3, -0.25) is 0 Å². The van der Waals surface area contributed by atoms with Crippen LogP contribution in [0.25, 0.3) is 11.4 Å². The number of rotatable bonds is 4. The molecule has 0 aliphatic carbocycles. The summed E-state index contributed by atoms with van der Waals surface area (Å²) < 4.78 is 46.6. The molecule has 2 aromatic carbocycles. The van der Waals surface area contributed by atoms with E-state index in [1.807, 2.05) is 0 Å². The number of aromatic nitrogens is 2. The van der Waals surface area contributed by atoms with E-state index in [4.69, 9.17) is 16.1 Å². The molecule has 1 aliphatic heterocycles. The number of hydrogen-bond donors (Lipinski definition) is 0. The van der Waals surface area contributed by atoms with Crippen LogP contribution in [0.2, 0.25) is 5.02 Å². The van der Waals surface area contributed by atoms with E-state index in [1.165, 1.54) is 22.5 Å². The van der Waals surface area contributed by atoms with Crippen molar-refractivity contribution in [1.82, 2.24) is 14.4 Å². The van der Waals surface area contributed by atoms with Gasteiger partial charge in [0.1, 0.15) is 11.9 Å². The summed E-state index contributed by atoms with van der Waals surface area (Å²) in [5.74, 6) is 0.0144. The van der Waals surface area contributed by atoms with Crippen LogP contribution in [0.3, 0.4) is 0 Å². The summed E-state index contributed by atoms with van der Waals surface area (Å²) in [4.78, 5) is 4.53. The molecule has 0 radical (unpaired) electrons. The smallest absolute Gasteiger partial charge is 0.245 e. The first-order chi connectivity index (χ1) is 13.4. The van der Waals surface area contributed by atoms with Gasteiger partial charge in [-0.25, -0.2) is 12.8 Å². The molecule has 1 unspecified atom stereocenters. The first-order valence-corrected chi connectivity index (χ1v) is 10.6. The van der Waals surface area contributed by atoms with Crippen molar-refractivity contribution in [3.8, 4) is 11.4 Å². The van der Waals surface area contributed by atoms with Gasteiger partial charge in [0.25, 0.3) is 0 Å². The fourth-order valence-electron chi connectivity index (χ4n) is 3.42. The van der Waals surface area contributed by atoms with Crippen LogP contribution < -0.4 is 0 Å². The standard InChI is InChI=1S/C19H17ClFN3O3S/c1-12-10-14(20)7-8-17(12)28(25,26)24-9-3-6-16(24)19-22-18(23-27-19)13-4-2-5-15(21)11-13/h2,4-5,7-8,10-11,16H,3,6,9H2,1H3. The van der Waals surface area contributed by atoms with Gasteiger partial charge in [-0.2, -0.15) is 9.29 Å². The third-order valence-corrected chi connectivity index (χ3v) is 7.04. The van der Waals surface area contributed by atoms with Gasteiger partial charge in [0.15, 0.2) is 0 Å². The maximum absolute atomic E-state index is 13.4. The van der Waals surface area contributed by atoms with Crippen LogP contribution >= 0.6 is 11.6 Å². The molecule has 3 aromatic rings.